The smallest absolute Gasteiger partial charge is 0.164 e. The second kappa shape index (κ2) is 13.3. The van der Waals surface area contributed by atoms with Crippen LogP contribution < -0.4 is 0 Å². The molecule has 2 heterocycles. The summed E-state index contributed by atoms with van der Waals surface area (Å²) in [5.74, 6) is 1.93. The van der Waals surface area contributed by atoms with Gasteiger partial charge in [0.15, 0.2) is 17.5 Å². The lowest BCUT2D eigenvalue weighted by Crippen LogP contribution is -2.02. The summed E-state index contributed by atoms with van der Waals surface area (Å²) in [5.41, 5.74) is 13.7. The number of hydrogen-bond acceptors (Lipinski definition) is 3. The van der Waals surface area contributed by atoms with Gasteiger partial charge in [-0.05, 0) is 73.8 Å². The fourth-order valence-electron chi connectivity index (χ4n) is 9.28. The normalized spacial score (nSPS) is 12.3. The molecule has 1 aliphatic carbocycles. The summed E-state index contributed by atoms with van der Waals surface area (Å²) in [4.78, 5) is 15.3. The Labute approximate surface area is 341 Å². The first-order valence-electron chi connectivity index (χ1n) is 20.0. The summed E-state index contributed by atoms with van der Waals surface area (Å²) in [5, 5.41) is 7.23. The number of fused-ring (bicyclic) bond motifs is 1. The van der Waals surface area contributed by atoms with Gasteiger partial charge in [0.25, 0.3) is 0 Å². The van der Waals surface area contributed by atoms with Crippen molar-refractivity contribution in [1.29, 1.82) is 0 Å². The van der Waals surface area contributed by atoms with Crippen molar-refractivity contribution in [3.05, 3.63) is 229 Å². The first kappa shape index (κ1) is 33.2. The summed E-state index contributed by atoms with van der Waals surface area (Å²) in [6.45, 7) is 0. The molecule has 59 heavy (non-hydrogen) atoms. The van der Waals surface area contributed by atoms with Gasteiger partial charge in [-0.1, -0.05) is 182 Å². The summed E-state index contributed by atoms with van der Waals surface area (Å²) in [6, 6.07) is 73.5. The molecule has 4 heteroatoms. The van der Waals surface area contributed by atoms with Crippen molar-refractivity contribution in [2.75, 3.05) is 0 Å². The summed E-state index contributed by atoms with van der Waals surface area (Å²) in [6.07, 6.45) is 0. The monoisotopic (exact) mass is 750 g/mol. The molecule has 0 bridgehead atoms. The third-order valence-corrected chi connectivity index (χ3v) is 11.8. The van der Waals surface area contributed by atoms with Crippen LogP contribution >= 0.6 is 0 Å². The zero-order chi connectivity index (χ0) is 38.9. The molecule has 0 fully saturated rings. The van der Waals surface area contributed by atoms with E-state index in [4.69, 9.17) is 15.0 Å². The lowest BCUT2D eigenvalue weighted by molar-refractivity contribution is 1.08. The number of hydrogen-bond donors (Lipinski definition) is 0. The molecule has 0 atom stereocenters. The van der Waals surface area contributed by atoms with Crippen molar-refractivity contribution in [2.24, 2.45) is 0 Å². The molecule has 0 aliphatic heterocycles. The summed E-state index contributed by atoms with van der Waals surface area (Å²) < 4.78 is 2.48. The van der Waals surface area contributed by atoms with Crippen molar-refractivity contribution in [3.63, 3.8) is 0 Å². The number of aromatic nitrogens is 4. The number of benzene rings is 9. The van der Waals surface area contributed by atoms with E-state index in [0.29, 0.717) is 17.5 Å². The summed E-state index contributed by atoms with van der Waals surface area (Å²) >= 11 is 0. The van der Waals surface area contributed by atoms with Gasteiger partial charge in [0.2, 0.25) is 0 Å². The molecule has 4 nitrogen and oxygen atoms in total. The van der Waals surface area contributed by atoms with Gasteiger partial charge < -0.3 is 4.57 Å². The second-order valence-electron chi connectivity index (χ2n) is 15.1. The Balaban J connectivity index is 1.15. The van der Waals surface area contributed by atoms with Gasteiger partial charge in [-0.15, -0.1) is 0 Å². The van der Waals surface area contributed by atoms with Crippen LogP contribution in [-0.4, -0.2) is 19.5 Å². The third kappa shape index (κ3) is 5.20. The average Bonchev–Trinajstić information content (AvgIpc) is 3.59. The molecule has 0 N–H and O–H groups in total. The summed E-state index contributed by atoms with van der Waals surface area (Å²) in [7, 11) is 0. The number of nitrogens with zero attached hydrogens (tertiary/aromatic N) is 4. The fourth-order valence-corrected chi connectivity index (χ4v) is 9.28. The molecule has 0 saturated heterocycles. The number of rotatable bonds is 6. The van der Waals surface area contributed by atoms with Crippen molar-refractivity contribution in [1.82, 2.24) is 19.5 Å². The predicted molar refractivity (Wildman–Crippen MR) is 243 cm³/mol. The van der Waals surface area contributed by atoms with E-state index in [1.54, 1.807) is 0 Å². The molecule has 274 valence electrons. The fraction of sp³-hybridized carbons (Fsp3) is 0. The molecule has 0 radical (unpaired) electrons. The molecular weight excluding hydrogens is 717 g/mol. The Morgan fingerprint density at radius 3 is 1.39 bits per heavy atom. The topological polar surface area (TPSA) is 43.6 Å². The van der Waals surface area contributed by atoms with Crippen LogP contribution in [0, 0.1) is 0 Å². The molecule has 9 aromatic carbocycles. The minimum Gasteiger partial charge on any atom is -0.309 e. The molecular formula is C55H34N4. The quantitative estimate of drug-likeness (QED) is 0.170. The predicted octanol–water partition coefficient (Wildman–Crippen LogP) is 13.6. The van der Waals surface area contributed by atoms with Crippen molar-refractivity contribution >= 4 is 54.5 Å². The minimum atomic E-state index is 0.640. The van der Waals surface area contributed by atoms with E-state index in [1.165, 1.54) is 66.0 Å². The Bertz CT molecular complexity index is 3400. The van der Waals surface area contributed by atoms with E-state index < -0.39 is 0 Å². The van der Waals surface area contributed by atoms with Gasteiger partial charge in [0, 0.05) is 32.8 Å². The van der Waals surface area contributed by atoms with E-state index in [1.807, 2.05) is 36.4 Å². The van der Waals surface area contributed by atoms with E-state index in [0.717, 1.165) is 33.2 Å². The SMILES string of the molecule is c1ccc(C2=C(c3ccccc3)c3cccc4c3c3c5c2cccc5ccc3n4-c2ccc(-c3nc(-c4ccccc4)nc(-c4ccccc4)n3)c3ccccc23)cc1. The largest absolute Gasteiger partial charge is 0.309 e. The van der Waals surface area contributed by atoms with E-state index in [-0.39, 0.29) is 0 Å². The van der Waals surface area contributed by atoms with Gasteiger partial charge in [-0.3, -0.25) is 0 Å². The second-order valence-corrected chi connectivity index (χ2v) is 15.1. The molecule has 2 aromatic heterocycles. The molecule has 12 rings (SSSR count). The van der Waals surface area contributed by atoms with Crippen LogP contribution in [0.1, 0.15) is 22.3 Å². The van der Waals surface area contributed by atoms with Gasteiger partial charge in [0.1, 0.15) is 0 Å². The highest BCUT2D eigenvalue weighted by Gasteiger charge is 2.28. The van der Waals surface area contributed by atoms with Crippen LogP contribution in [0.25, 0.3) is 94.3 Å². The van der Waals surface area contributed by atoms with Gasteiger partial charge in [-0.25, -0.2) is 15.0 Å². The molecule has 0 unspecified atom stereocenters. The molecule has 0 spiro atoms. The first-order valence-corrected chi connectivity index (χ1v) is 20.0. The van der Waals surface area contributed by atoms with E-state index >= 15 is 0 Å². The van der Waals surface area contributed by atoms with Gasteiger partial charge in [0.05, 0.1) is 16.7 Å². The van der Waals surface area contributed by atoms with E-state index in [2.05, 4.69) is 174 Å². The minimum absolute atomic E-state index is 0.640. The molecule has 0 saturated carbocycles. The van der Waals surface area contributed by atoms with Crippen LogP contribution in [-0.2, 0) is 0 Å². The van der Waals surface area contributed by atoms with Crippen LogP contribution in [0.3, 0.4) is 0 Å². The first-order chi connectivity index (χ1) is 29.3. The molecule has 1 aliphatic rings. The lowest BCUT2D eigenvalue weighted by atomic mass is 9.85. The molecule has 0 amide bonds. The van der Waals surface area contributed by atoms with Gasteiger partial charge in [-0.2, -0.15) is 0 Å². The highest BCUT2D eigenvalue weighted by molar-refractivity contribution is 6.31. The highest BCUT2D eigenvalue weighted by Crippen LogP contribution is 2.50. The van der Waals surface area contributed by atoms with Gasteiger partial charge >= 0.3 is 0 Å². The maximum absolute atomic E-state index is 5.14. The zero-order valence-corrected chi connectivity index (χ0v) is 31.9. The van der Waals surface area contributed by atoms with Crippen molar-refractivity contribution in [2.45, 2.75) is 0 Å². The maximum atomic E-state index is 5.14. The third-order valence-electron chi connectivity index (χ3n) is 11.8. The Hall–Kier alpha value is -7.95. The Morgan fingerprint density at radius 2 is 0.780 bits per heavy atom. The van der Waals surface area contributed by atoms with Crippen LogP contribution in [0.2, 0.25) is 0 Å². The lowest BCUT2D eigenvalue weighted by Gasteiger charge is -2.19. The van der Waals surface area contributed by atoms with Crippen molar-refractivity contribution < 1.29 is 0 Å². The zero-order valence-electron chi connectivity index (χ0n) is 31.9. The van der Waals surface area contributed by atoms with Crippen LogP contribution in [0.15, 0.2) is 206 Å². The molecule has 11 aromatic rings. The van der Waals surface area contributed by atoms with Crippen LogP contribution in [0.4, 0.5) is 0 Å². The Morgan fingerprint density at radius 1 is 0.288 bits per heavy atom. The van der Waals surface area contributed by atoms with Crippen LogP contribution in [0.5, 0.6) is 0 Å². The van der Waals surface area contributed by atoms with E-state index in [9.17, 15) is 0 Å². The average molecular weight is 751 g/mol. The standard InChI is InChI=1S/C55H34N4/c1-5-17-35(18-6-1)48-43-28-15-25-37-31-33-47-52(50(37)43)51-44(49(48)36-19-7-2-8-20-36)29-16-30-46(51)59(47)45-34-32-42(40-26-13-14-27-41(40)45)55-57-53(38-21-9-3-10-22-38)56-54(58-55)39-23-11-4-12-24-39/h1-34H. The maximum Gasteiger partial charge on any atom is 0.164 e. The van der Waals surface area contributed by atoms with Crippen molar-refractivity contribution in [3.8, 4) is 39.9 Å². The Kier molecular flexibility index (Phi) is 7.50. The highest BCUT2D eigenvalue weighted by atomic mass is 15.0.